The third-order valence-electron chi connectivity index (χ3n) is 4.27. The lowest BCUT2D eigenvalue weighted by atomic mass is 10.0. The lowest BCUT2D eigenvalue weighted by Gasteiger charge is -2.16. The predicted molar refractivity (Wildman–Crippen MR) is 117 cm³/mol. The lowest BCUT2D eigenvalue weighted by molar-refractivity contribution is 0.0325. The third kappa shape index (κ3) is 7.37. The molecule has 0 saturated carbocycles. The normalized spacial score (nSPS) is 15.4. The van der Waals surface area contributed by atoms with Crippen LogP contribution in [0.5, 0.6) is 5.75 Å². The van der Waals surface area contributed by atoms with E-state index in [4.69, 9.17) is 32.7 Å². The Bertz CT molecular complexity index is 739. The van der Waals surface area contributed by atoms with Crippen LogP contribution in [0.25, 0.3) is 11.1 Å². The molecule has 0 N–H and O–H groups in total. The molecule has 2 aromatic rings. The highest BCUT2D eigenvalue weighted by Crippen LogP contribution is 2.24. The zero-order valence-electron chi connectivity index (χ0n) is 16.8. The summed E-state index contributed by atoms with van der Waals surface area (Å²) in [6.45, 7) is 7.71. The predicted octanol–water partition coefficient (Wildman–Crippen LogP) is 6.70. The summed E-state index contributed by atoms with van der Waals surface area (Å²) in [4.78, 5) is 12.2. The third-order valence-corrected chi connectivity index (χ3v) is 4.62. The molecular formula is C23H28Cl2O3. The number of esters is 1. The van der Waals surface area contributed by atoms with E-state index in [1.54, 1.807) is 12.1 Å². The standard InChI is InChI=1S/C23H28Cl2O3/c1-15(24)13-17(3)27-22-11-9-20(10-12-22)19-5-7-21(8-6-19)23(26)28-18(4)14-16(2)25/h5-12,15-18H,13-14H2,1-4H3. The van der Waals surface area contributed by atoms with Crippen LogP contribution < -0.4 is 4.74 Å². The van der Waals surface area contributed by atoms with Crippen LogP contribution >= 0.6 is 23.2 Å². The Labute approximate surface area is 177 Å². The van der Waals surface area contributed by atoms with Crippen LogP contribution in [0.15, 0.2) is 48.5 Å². The number of hydrogen-bond donors (Lipinski definition) is 0. The van der Waals surface area contributed by atoms with Gasteiger partial charge in [-0.2, -0.15) is 0 Å². The second-order valence-electron chi connectivity index (χ2n) is 7.28. The Balaban J connectivity index is 1.98. The zero-order valence-corrected chi connectivity index (χ0v) is 18.3. The van der Waals surface area contributed by atoms with E-state index in [2.05, 4.69) is 0 Å². The number of hydrogen-bond acceptors (Lipinski definition) is 3. The van der Waals surface area contributed by atoms with Crippen LogP contribution in [-0.2, 0) is 4.74 Å². The molecule has 0 fully saturated rings. The van der Waals surface area contributed by atoms with Crippen molar-refractivity contribution in [3.63, 3.8) is 0 Å². The molecule has 0 bridgehead atoms. The number of ether oxygens (including phenoxy) is 2. The summed E-state index contributed by atoms with van der Waals surface area (Å²) in [5.41, 5.74) is 2.60. The van der Waals surface area contributed by atoms with Crippen LogP contribution in [0.4, 0.5) is 0 Å². The highest BCUT2D eigenvalue weighted by atomic mass is 35.5. The van der Waals surface area contributed by atoms with Crippen molar-refractivity contribution in [1.82, 2.24) is 0 Å². The summed E-state index contributed by atoms with van der Waals surface area (Å²) < 4.78 is 11.3. The molecule has 152 valence electrons. The first-order chi connectivity index (χ1) is 13.2. The van der Waals surface area contributed by atoms with Crippen LogP contribution in [0.1, 0.15) is 50.9 Å². The molecule has 28 heavy (non-hydrogen) atoms. The van der Waals surface area contributed by atoms with E-state index in [-0.39, 0.29) is 28.9 Å². The summed E-state index contributed by atoms with van der Waals surface area (Å²) in [7, 11) is 0. The molecule has 0 radical (unpaired) electrons. The van der Waals surface area contributed by atoms with Gasteiger partial charge in [0.05, 0.1) is 11.7 Å². The van der Waals surface area contributed by atoms with Gasteiger partial charge in [0.25, 0.3) is 0 Å². The molecular weight excluding hydrogens is 395 g/mol. The van der Waals surface area contributed by atoms with Crippen molar-refractivity contribution in [2.45, 2.75) is 63.5 Å². The van der Waals surface area contributed by atoms with Crippen LogP contribution in [0.2, 0.25) is 0 Å². The van der Waals surface area contributed by atoms with Gasteiger partial charge >= 0.3 is 5.97 Å². The van der Waals surface area contributed by atoms with Crippen molar-refractivity contribution in [1.29, 1.82) is 0 Å². The summed E-state index contributed by atoms with van der Waals surface area (Å²) in [5, 5.41) is 0.0549. The first-order valence-electron chi connectivity index (χ1n) is 9.61. The van der Waals surface area contributed by atoms with Crippen molar-refractivity contribution in [3.05, 3.63) is 54.1 Å². The molecule has 5 heteroatoms. The fraction of sp³-hybridized carbons (Fsp3) is 0.435. The number of benzene rings is 2. The van der Waals surface area contributed by atoms with Gasteiger partial charge in [0.1, 0.15) is 11.9 Å². The van der Waals surface area contributed by atoms with Gasteiger partial charge in [0, 0.05) is 23.6 Å². The molecule has 0 aliphatic carbocycles. The Morgan fingerprint density at radius 2 is 1.25 bits per heavy atom. The van der Waals surface area contributed by atoms with Crippen molar-refractivity contribution in [3.8, 4) is 16.9 Å². The van der Waals surface area contributed by atoms with Gasteiger partial charge < -0.3 is 9.47 Å². The zero-order chi connectivity index (χ0) is 20.7. The molecule has 3 nitrogen and oxygen atoms in total. The lowest BCUT2D eigenvalue weighted by Crippen LogP contribution is -2.17. The number of rotatable bonds is 9. The first-order valence-corrected chi connectivity index (χ1v) is 10.5. The minimum absolute atomic E-state index is 0.0292. The Morgan fingerprint density at radius 1 is 0.786 bits per heavy atom. The van der Waals surface area contributed by atoms with E-state index in [0.717, 1.165) is 23.3 Å². The summed E-state index contributed by atoms with van der Waals surface area (Å²) in [6, 6.07) is 15.3. The van der Waals surface area contributed by atoms with Crippen LogP contribution in [0.3, 0.4) is 0 Å². The largest absolute Gasteiger partial charge is 0.491 e. The Hall–Kier alpha value is -1.71. The second kappa shape index (κ2) is 10.7. The maximum Gasteiger partial charge on any atom is 0.338 e. The average Bonchev–Trinajstić information content (AvgIpc) is 2.61. The molecule has 2 rings (SSSR count). The number of carbonyl (C=O) groups is 1. The Kier molecular flexibility index (Phi) is 8.65. The van der Waals surface area contributed by atoms with E-state index in [0.29, 0.717) is 12.0 Å². The van der Waals surface area contributed by atoms with E-state index < -0.39 is 0 Å². The summed E-state index contributed by atoms with van der Waals surface area (Å²) >= 11 is 12.0. The number of carbonyl (C=O) groups excluding carboxylic acids is 1. The van der Waals surface area contributed by atoms with Crippen molar-refractivity contribution < 1.29 is 14.3 Å². The minimum Gasteiger partial charge on any atom is -0.491 e. The van der Waals surface area contributed by atoms with Gasteiger partial charge in [-0.05, 0) is 63.1 Å². The minimum atomic E-state index is -0.331. The quantitative estimate of drug-likeness (QED) is 0.333. The summed E-state index contributed by atoms with van der Waals surface area (Å²) in [5.74, 6) is 0.485. The van der Waals surface area contributed by atoms with Gasteiger partial charge in [0.15, 0.2) is 0 Å². The van der Waals surface area contributed by atoms with Gasteiger partial charge in [-0.15, -0.1) is 23.2 Å². The van der Waals surface area contributed by atoms with Crippen molar-refractivity contribution in [2.75, 3.05) is 0 Å². The van der Waals surface area contributed by atoms with Crippen molar-refractivity contribution >= 4 is 29.2 Å². The van der Waals surface area contributed by atoms with Gasteiger partial charge in [-0.25, -0.2) is 4.79 Å². The number of alkyl halides is 2. The molecule has 0 aliphatic heterocycles. The first kappa shape index (κ1) is 22.6. The molecule has 0 aromatic heterocycles. The topological polar surface area (TPSA) is 35.5 Å². The molecule has 4 atom stereocenters. The highest BCUT2D eigenvalue weighted by Gasteiger charge is 2.14. The second-order valence-corrected chi connectivity index (χ2v) is 8.77. The van der Waals surface area contributed by atoms with Gasteiger partial charge in [-0.1, -0.05) is 24.3 Å². The fourth-order valence-corrected chi connectivity index (χ4v) is 3.52. The van der Waals surface area contributed by atoms with Gasteiger partial charge in [0.2, 0.25) is 0 Å². The average molecular weight is 423 g/mol. The van der Waals surface area contributed by atoms with Crippen LogP contribution in [0, 0.1) is 0 Å². The summed E-state index contributed by atoms with van der Waals surface area (Å²) in [6.07, 6.45) is 1.27. The molecule has 0 heterocycles. The molecule has 4 unspecified atom stereocenters. The molecule has 2 aromatic carbocycles. The number of halogens is 2. The molecule has 0 amide bonds. The van der Waals surface area contributed by atoms with E-state index in [9.17, 15) is 4.79 Å². The van der Waals surface area contributed by atoms with E-state index in [1.165, 1.54) is 0 Å². The Morgan fingerprint density at radius 3 is 1.75 bits per heavy atom. The molecule has 0 aliphatic rings. The smallest absolute Gasteiger partial charge is 0.338 e. The maximum atomic E-state index is 12.2. The van der Waals surface area contributed by atoms with E-state index >= 15 is 0 Å². The highest BCUT2D eigenvalue weighted by molar-refractivity contribution is 6.20. The van der Waals surface area contributed by atoms with Crippen LogP contribution in [-0.4, -0.2) is 28.9 Å². The fourth-order valence-electron chi connectivity index (χ4n) is 3.02. The monoisotopic (exact) mass is 422 g/mol. The van der Waals surface area contributed by atoms with E-state index in [1.807, 2.05) is 64.1 Å². The molecule has 0 saturated heterocycles. The maximum absolute atomic E-state index is 12.2. The SMILES string of the molecule is CC(Cl)CC(C)OC(=O)c1ccc(-c2ccc(OC(C)CC(C)Cl)cc2)cc1. The molecule has 0 spiro atoms. The van der Waals surface area contributed by atoms with Crippen molar-refractivity contribution in [2.24, 2.45) is 0 Å². The van der Waals surface area contributed by atoms with Gasteiger partial charge in [-0.3, -0.25) is 0 Å².